The molecule has 25 heavy (non-hydrogen) atoms. The van der Waals surface area contributed by atoms with E-state index in [1.165, 1.54) is 6.92 Å². The maximum atomic E-state index is 10.3. The Hall–Kier alpha value is -0.360. The lowest BCUT2D eigenvalue weighted by atomic mass is 9.85. The predicted octanol–water partition coefficient (Wildman–Crippen LogP) is -2.29. The van der Waals surface area contributed by atoms with E-state index in [-0.39, 0.29) is 11.8 Å². The molecule has 9 heteroatoms. The molecule has 0 aromatic rings. The Bertz CT molecular complexity index is 400. The van der Waals surface area contributed by atoms with Crippen LogP contribution in [0.5, 0.6) is 0 Å². The summed E-state index contributed by atoms with van der Waals surface area (Å²) in [4.78, 5) is 0. The highest BCUT2D eigenvalue weighted by Crippen LogP contribution is 2.29. The van der Waals surface area contributed by atoms with Crippen molar-refractivity contribution in [3.05, 3.63) is 0 Å². The molecule has 0 amide bonds. The summed E-state index contributed by atoms with van der Waals surface area (Å²) in [6.45, 7) is 6.35. The maximum absolute atomic E-state index is 10.3. The third-order valence-electron chi connectivity index (χ3n) is 4.24. The van der Waals surface area contributed by atoms with Crippen LogP contribution in [0.2, 0.25) is 0 Å². The molecule has 1 aliphatic heterocycles. The average molecular weight is 368 g/mol. The summed E-state index contributed by atoms with van der Waals surface area (Å²) >= 11 is 0. The second-order valence-corrected chi connectivity index (χ2v) is 7.85. The first-order chi connectivity index (χ1) is 11.4. The lowest BCUT2D eigenvalue weighted by Crippen LogP contribution is -2.59. The van der Waals surface area contributed by atoms with Gasteiger partial charge >= 0.3 is 0 Å². The standard InChI is InChI=1S/C16H32O9/c1-7-10(19)13(22)14(23)15(24-7)25-9(5-16(2,3)4)12(21)11(20)8(18)6-17/h7-15,17-23H,5-6H2,1-4H3/t7-,8?,9-,10-,11+,12+,13+,14+,15-/m0/s1. The molecule has 1 fully saturated rings. The summed E-state index contributed by atoms with van der Waals surface area (Å²) in [6, 6.07) is 0. The van der Waals surface area contributed by atoms with Gasteiger partial charge in [0.05, 0.1) is 18.8 Å². The lowest BCUT2D eigenvalue weighted by Gasteiger charge is -2.42. The number of aliphatic hydroxyl groups excluding tert-OH is 7. The fourth-order valence-corrected chi connectivity index (χ4v) is 2.71. The Morgan fingerprint density at radius 2 is 1.52 bits per heavy atom. The van der Waals surface area contributed by atoms with E-state index in [1.807, 2.05) is 20.8 Å². The molecule has 150 valence electrons. The van der Waals surface area contributed by atoms with Crippen LogP contribution in [0, 0.1) is 5.41 Å². The first kappa shape index (κ1) is 22.7. The number of rotatable bonds is 7. The molecule has 9 nitrogen and oxygen atoms in total. The highest BCUT2D eigenvalue weighted by Gasteiger charge is 2.45. The summed E-state index contributed by atoms with van der Waals surface area (Å²) < 4.78 is 11.0. The molecule has 1 rings (SSSR count). The molecule has 7 N–H and O–H groups in total. The minimum Gasteiger partial charge on any atom is -0.394 e. The number of ether oxygens (including phenoxy) is 2. The molecule has 1 heterocycles. The van der Waals surface area contributed by atoms with Crippen LogP contribution < -0.4 is 0 Å². The van der Waals surface area contributed by atoms with Gasteiger partial charge in [-0.1, -0.05) is 20.8 Å². The van der Waals surface area contributed by atoms with E-state index in [0.29, 0.717) is 0 Å². The van der Waals surface area contributed by atoms with Crippen molar-refractivity contribution in [2.45, 2.75) is 89.2 Å². The largest absolute Gasteiger partial charge is 0.394 e. The van der Waals surface area contributed by atoms with Crippen molar-refractivity contribution in [1.82, 2.24) is 0 Å². The fourth-order valence-electron chi connectivity index (χ4n) is 2.71. The molecule has 0 bridgehead atoms. The van der Waals surface area contributed by atoms with Gasteiger partial charge in [-0.3, -0.25) is 0 Å². The van der Waals surface area contributed by atoms with Gasteiger partial charge in [-0.15, -0.1) is 0 Å². The zero-order valence-corrected chi connectivity index (χ0v) is 15.1. The van der Waals surface area contributed by atoms with E-state index < -0.39 is 61.7 Å². The Morgan fingerprint density at radius 1 is 0.960 bits per heavy atom. The molecule has 0 saturated carbocycles. The topological polar surface area (TPSA) is 160 Å². The molecule has 1 aliphatic rings. The molecule has 1 unspecified atom stereocenters. The Kier molecular flexibility index (Phi) is 8.19. The van der Waals surface area contributed by atoms with Crippen molar-refractivity contribution in [3.8, 4) is 0 Å². The van der Waals surface area contributed by atoms with E-state index in [9.17, 15) is 30.6 Å². The van der Waals surface area contributed by atoms with E-state index in [4.69, 9.17) is 14.6 Å². The van der Waals surface area contributed by atoms with Crippen LogP contribution in [0.15, 0.2) is 0 Å². The first-order valence-corrected chi connectivity index (χ1v) is 8.39. The summed E-state index contributed by atoms with van der Waals surface area (Å²) in [5, 5.41) is 68.4. The summed E-state index contributed by atoms with van der Waals surface area (Å²) in [5.41, 5.74) is -0.348. The first-order valence-electron chi connectivity index (χ1n) is 8.39. The smallest absolute Gasteiger partial charge is 0.186 e. The third kappa shape index (κ3) is 6.09. The zero-order valence-electron chi connectivity index (χ0n) is 15.1. The van der Waals surface area contributed by atoms with E-state index >= 15 is 0 Å². The van der Waals surface area contributed by atoms with Gasteiger partial charge in [0, 0.05) is 0 Å². The van der Waals surface area contributed by atoms with Crippen LogP contribution in [0.3, 0.4) is 0 Å². The van der Waals surface area contributed by atoms with Gasteiger partial charge in [-0.25, -0.2) is 0 Å². The lowest BCUT2D eigenvalue weighted by molar-refractivity contribution is -0.315. The fraction of sp³-hybridized carbons (Fsp3) is 1.00. The minimum atomic E-state index is -1.67. The Balaban J connectivity index is 2.93. The van der Waals surface area contributed by atoms with E-state index in [1.54, 1.807) is 0 Å². The third-order valence-corrected chi connectivity index (χ3v) is 4.24. The molecule has 1 saturated heterocycles. The average Bonchev–Trinajstić information content (AvgIpc) is 2.53. The summed E-state index contributed by atoms with van der Waals surface area (Å²) in [7, 11) is 0. The highest BCUT2D eigenvalue weighted by atomic mass is 16.7. The van der Waals surface area contributed by atoms with Crippen LogP contribution in [0.1, 0.15) is 34.1 Å². The van der Waals surface area contributed by atoms with Crippen molar-refractivity contribution < 1.29 is 45.2 Å². The molecule has 0 aromatic carbocycles. The van der Waals surface area contributed by atoms with Crippen LogP contribution >= 0.6 is 0 Å². The Labute approximate surface area is 147 Å². The van der Waals surface area contributed by atoms with Crippen molar-refractivity contribution in [3.63, 3.8) is 0 Å². The van der Waals surface area contributed by atoms with Crippen LogP contribution in [-0.2, 0) is 9.47 Å². The van der Waals surface area contributed by atoms with Crippen molar-refractivity contribution in [2.75, 3.05) is 6.61 Å². The number of hydrogen-bond acceptors (Lipinski definition) is 9. The van der Waals surface area contributed by atoms with Crippen molar-refractivity contribution in [1.29, 1.82) is 0 Å². The maximum Gasteiger partial charge on any atom is 0.186 e. The zero-order chi connectivity index (χ0) is 19.5. The minimum absolute atomic E-state index is 0.225. The molecule has 0 spiro atoms. The second kappa shape index (κ2) is 9.03. The van der Waals surface area contributed by atoms with Gasteiger partial charge in [-0.05, 0) is 18.8 Å². The van der Waals surface area contributed by atoms with Crippen LogP contribution in [-0.4, -0.2) is 97.5 Å². The Morgan fingerprint density at radius 3 is 2.00 bits per heavy atom. The van der Waals surface area contributed by atoms with Gasteiger partial charge in [0.1, 0.15) is 36.6 Å². The van der Waals surface area contributed by atoms with Crippen LogP contribution in [0.4, 0.5) is 0 Å². The summed E-state index contributed by atoms with van der Waals surface area (Å²) in [5.74, 6) is 0. The molecule has 0 aliphatic carbocycles. The normalized spacial score (nSPS) is 35.9. The molecule has 0 radical (unpaired) electrons. The van der Waals surface area contributed by atoms with Gasteiger partial charge in [0.25, 0.3) is 0 Å². The summed E-state index contributed by atoms with van der Waals surface area (Å²) in [6.07, 6.45) is -12.1. The monoisotopic (exact) mass is 368 g/mol. The molecular weight excluding hydrogens is 336 g/mol. The highest BCUT2D eigenvalue weighted by molar-refractivity contribution is 4.90. The number of aliphatic hydroxyl groups is 7. The van der Waals surface area contributed by atoms with Gasteiger partial charge < -0.3 is 45.2 Å². The molecular formula is C16H32O9. The van der Waals surface area contributed by atoms with Crippen LogP contribution in [0.25, 0.3) is 0 Å². The molecule has 0 aromatic heterocycles. The second-order valence-electron chi connectivity index (χ2n) is 7.85. The SMILES string of the molecule is C[C@@H]1O[C@@H](O[C@@H](CC(C)(C)C)[C@@H](O)[C@H](O)C(O)CO)[C@H](O)[C@H](O)[C@H]1O. The van der Waals surface area contributed by atoms with E-state index in [0.717, 1.165) is 0 Å². The van der Waals surface area contributed by atoms with Gasteiger partial charge in [0.2, 0.25) is 0 Å². The van der Waals surface area contributed by atoms with Gasteiger partial charge in [-0.2, -0.15) is 0 Å². The number of hydrogen-bond donors (Lipinski definition) is 7. The predicted molar refractivity (Wildman–Crippen MR) is 86.4 cm³/mol. The van der Waals surface area contributed by atoms with Gasteiger partial charge in [0.15, 0.2) is 6.29 Å². The molecule has 9 atom stereocenters. The van der Waals surface area contributed by atoms with Crippen molar-refractivity contribution in [2.24, 2.45) is 5.41 Å². The van der Waals surface area contributed by atoms with E-state index in [2.05, 4.69) is 0 Å². The van der Waals surface area contributed by atoms with Crippen molar-refractivity contribution >= 4 is 0 Å². The quantitative estimate of drug-likeness (QED) is 0.262.